The van der Waals surface area contributed by atoms with Crippen molar-refractivity contribution in [3.8, 4) is 0 Å². The molecule has 0 saturated carbocycles. The molecule has 2 aromatic heterocycles. The van der Waals surface area contributed by atoms with Gasteiger partial charge in [-0.2, -0.15) is 10.1 Å². The first-order chi connectivity index (χ1) is 14.9. The number of aryl methyl sites for hydroxylation is 1. The third-order valence-corrected chi connectivity index (χ3v) is 5.56. The molecule has 0 radical (unpaired) electrons. The molecule has 0 fully saturated rings. The van der Waals surface area contributed by atoms with E-state index in [1.54, 1.807) is 19.2 Å². The molecular formula is C22H26N6O3. The Labute approximate surface area is 179 Å². The van der Waals surface area contributed by atoms with Gasteiger partial charge in [-0.15, -0.1) is 0 Å². The maximum Gasteiger partial charge on any atom is 0.332 e. The third-order valence-electron chi connectivity index (χ3n) is 5.56. The second kappa shape index (κ2) is 8.35. The Morgan fingerprint density at radius 3 is 2.65 bits per heavy atom. The lowest BCUT2D eigenvalue weighted by Crippen LogP contribution is -2.40. The Morgan fingerprint density at radius 2 is 1.94 bits per heavy atom. The molecule has 1 aliphatic rings. The second-order valence-electron chi connectivity index (χ2n) is 7.56. The molecule has 0 aliphatic carbocycles. The van der Waals surface area contributed by atoms with Crippen LogP contribution in [0.25, 0.3) is 17.2 Å². The fraction of sp³-hybridized carbons (Fsp3) is 0.364. The number of benzene rings is 1. The van der Waals surface area contributed by atoms with Crippen molar-refractivity contribution in [2.45, 2.75) is 26.4 Å². The van der Waals surface area contributed by atoms with Gasteiger partial charge in [0.05, 0.1) is 24.9 Å². The van der Waals surface area contributed by atoms with E-state index in [4.69, 9.17) is 4.74 Å². The van der Waals surface area contributed by atoms with Crippen LogP contribution in [0.4, 0.5) is 5.95 Å². The van der Waals surface area contributed by atoms with Gasteiger partial charge in [-0.3, -0.25) is 18.5 Å². The Hall–Kier alpha value is -3.46. The standard InChI is InChI=1S/C22H26N6O3/c1-15-16(2)28-18-19(23-21(28)27(24-15)13-14-31-4)25(3)22(30)26(20(18)29)12-8-11-17-9-6-5-7-10-17/h5-11,16H,12-14H2,1-4H3/b11-8+. The Kier molecular flexibility index (Phi) is 5.60. The number of hydrogen-bond acceptors (Lipinski definition) is 6. The molecule has 0 amide bonds. The zero-order valence-corrected chi connectivity index (χ0v) is 18.1. The van der Waals surface area contributed by atoms with E-state index in [9.17, 15) is 9.59 Å². The SMILES string of the molecule is COCCN1N=C(C)C(C)n2c1nc1c2c(=O)n(C/C=C/c2ccccc2)c(=O)n1C. The summed E-state index contributed by atoms with van der Waals surface area (Å²) in [4.78, 5) is 31.0. The third kappa shape index (κ3) is 3.61. The maximum absolute atomic E-state index is 13.4. The average molecular weight is 422 g/mol. The first-order valence-corrected chi connectivity index (χ1v) is 10.2. The summed E-state index contributed by atoms with van der Waals surface area (Å²) in [7, 11) is 3.26. The van der Waals surface area contributed by atoms with E-state index in [-0.39, 0.29) is 18.1 Å². The number of nitrogens with zero attached hydrogens (tertiary/aromatic N) is 6. The van der Waals surface area contributed by atoms with Crippen molar-refractivity contribution in [1.29, 1.82) is 0 Å². The normalized spacial score (nSPS) is 16.2. The van der Waals surface area contributed by atoms with Crippen molar-refractivity contribution in [1.82, 2.24) is 18.7 Å². The lowest BCUT2D eigenvalue weighted by atomic mass is 10.2. The number of hydrogen-bond donors (Lipinski definition) is 0. The highest BCUT2D eigenvalue weighted by atomic mass is 16.5. The molecule has 1 aliphatic heterocycles. The molecule has 0 N–H and O–H groups in total. The van der Waals surface area contributed by atoms with Gasteiger partial charge in [0, 0.05) is 20.7 Å². The van der Waals surface area contributed by atoms with Crippen molar-refractivity contribution < 1.29 is 4.74 Å². The van der Waals surface area contributed by atoms with Gasteiger partial charge in [0.1, 0.15) is 0 Å². The maximum atomic E-state index is 13.4. The van der Waals surface area contributed by atoms with Gasteiger partial charge in [0.15, 0.2) is 11.2 Å². The van der Waals surface area contributed by atoms with Gasteiger partial charge in [-0.1, -0.05) is 42.5 Å². The average Bonchev–Trinajstić information content (AvgIpc) is 3.18. The van der Waals surface area contributed by atoms with Crippen LogP contribution in [-0.2, 0) is 18.3 Å². The fourth-order valence-corrected chi connectivity index (χ4v) is 3.73. The van der Waals surface area contributed by atoms with E-state index in [0.717, 1.165) is 11.3 Å². The quantitative estimate of drug-likeness (QED) is 0.607. The van der Waals surface area contributed by atoms with Gasteiger partial charge in [-0.25, -0.2) is 9.80 Å². The number of hydrazone groups is 1. The Bertz CT molecular complexity index is 1280. The highest BCUT2D eigenvalue weighted by Gasteiger charge is 2.30. The molecule has 162 valence electrons. The van der Waals surface area contributed by atoms with Gasteiger partial charge in [0.2, 0.25) is 5.95 Å². The number of imidazole rings is 1. The van der Waals surface area contributed by atoms with E-state index in [2.05, 4.69) is 10.1 Å². The van der Waals surface area contributed by atoms with E-state index >= 15 is 0 Å². The molecule has 3 heterocycles. The summed E-state index contributed by atoms with van der Waals surface area (Å²) in [5.41, 5.74) is 1.85. The van der Waals surface area contributed by atoms with Crippen LogP contribution in [0.3, 0.4) is 0 Å². The van der Waals surface area contributed by atoms with Crippen molar-refractivity contribution in [2.24, 2.45) is 12.1 Å². The molecule has 3 aromatic rings. The molecule has 31 heavy (non-hydrogen) atoms. The summed E-state index contributed by atoms with van der Waals surface area (Å²) >= 11 is 0. The highest BCUT2D eigenvalue weighted by molar-refractivity contribution is 5.91. The van der Waals surface area contributed by atoms with E-state index in [0.29, 0.717) is 30.3 Å². The number of anilines is 1. The van der Waals surface area contributed by atoms with Gasteiger partial charge in [-0.05, 0) is 19.4 Å². The van der Waals surface area contributed by atoms with Gasteiger partial charge < -0.3 is 4.74 Å². The minimum absolute atomic E-state index is 0.155. The molecule has 1 unspecified atom stereocenters. The largest absolute Gasteiger partial charge is 0.383 e. The molecule has 9 heteroatoms. The summed E-state index contributed by atoms with van der Waals surface area (Å²) < 4.78 is 9.72. The molecule has 0 saturated heterocycles. The Morgan fingerprint density at radius 1 is 1.19 bits per heavy atom. The van der Waals surface area contributed by atoms with Crippen LogP contribution < -0.4 is 16.3 Å². The topological polar surface area (TPSA) is 86.7 Å². The first kappa shape index (κ1) is 20.8. The number of allylic oxidation sites excluding steroid dienone is 1. The number of ether oxygens (including phenoxy) is 1. The molecule has 0 spiro atoms. The van der Waals surface area contributed by atoms with Crippen molar-refractivity contribution in [2.75, 3.05) is 25.3 Å². The summed E-state index contributed by atoms with van der Waals surface area (Å²) in [6, 6.07) is 9.60. The highest BCUT2D eigenvalue weighted by Crippen LogP contribution is 2.29. The summed E-state index contributed by atoms with van der Waals surface area (Å²) in [6.07, 6.45) is 3.71. The zero-order chi connectivity index (χ0) is 22.1. The zero-order valence-electron chi connectivity index (χ0n) is 18.1. The van der Waals surface area contributed by atoms with E-state index in [1.807, 2.05) is 60.9 Å². The van der Waals surface area contributed by atoms with Crippen LogP contribution in [0, 0.1) is 0 Å². The Balaban J connectivity index is 1.84. The van der Waals surface area contributed by atoms with Crippen molar-refractivity contribution in [3.63, 3.8) is 0 Å². The van der Waals surface area contributed by atoms with E-state index < -0.39 is 5.69 Å². The minimum Gasteiger partial charge on any atom is -0.383 e. The fourth-order valence-electron chi connectivity index (χ4n) is 3.73. The number of methoxy groups -OCH3 is 1. The van der Waals surface area contributed by atoms with Crippen LogP contribution >= 0.6 is 0 Å². The molecule has 0 bridgehead atoms. The molecule has 4 rings (SSSR count). The van der Waals surface area contributed by atoms with Crippen molar-refractivity contribution in [3.05, 3.63) is 62.8 Å². The van der Waals surface area contributed by atoms with Gasteiger partial charge >= 0.3 is 5.69 Å². The van der Waals surface area contributed by atoms with Crippen molar-refractivity contribution >= 4 is 28.9 Å². The summed E-state index contributed by atoms with van der Waals surface area (Å²) in [5.74, 6) is 0.537. The molecule has 9 nitrogen and oxygen atoms in total. The predicted molar refractivity (Wildman–Crippen MR) is 122 cm³/mol. The summed E-state index contributed by atoms with van der Waals surface area (Å²) in [5, 5.41) is 6.33. The number of fused-ring (bicyclic) bond motifs is 3. The molecule has 1 atom stereocenters. The van der Waals surface area contributed by atoms with Crippen LogP contribution in [0.1, 0.15) is 25.5 Å². The van der Waals surface area contributed by atoms with E-state index in [1.165, 1.54) is 9.13 Å². The predicted octanol–water partition coefficient (Wildman–Crippen LogP) is 2.01. The first-order valence-electron chi connectivity index (χ1n) is 10.2. The lowest BCUT2D eigenvalue weighted by Gasteiger charge is -2.28. The smallest absolute Gasteiger partial charge is 0.332 e. The minimum atomic E-state index is -0.403. The lowest BCUT2D eigenvalue weighted by molar-refractivity contribution is 0.204. The van der Waals surface area contributed by atoms with Crippen LogP contribution in [0.15, 0.2) is 51.1 Å². The number of rotatable bonds is 6. The monoisotopic (exact) mass is 422 g/mol. The second-order valence-corrected chi connectivity index (χ2v) is 7.56. The van der Waals surface area contributed by atoms with Crippen LogP contribution in [-0.4, -0.2) is 44.7 Å². The molecular weight excluding hydrogens is 396 g/mol. The van der Waals surface area contributed by atoms with Gasteiger partial charge in [0.25, 0.3) is 5.56 Å². The summed E-state index contributed by atoms with van der Waals surface area (Å²) in [6.45, 7) is 5.02. The molecule has 1 aromatic carbocycles. The number of aromatic nitrogens is 4. The van der Waals surface area contributed by atoms with Crippen LogP contribution in [0.2, 0.25) is 0 Å². The van der Waals surface area contributed by atoms with Crippen LogP contribution in [0.5, 0.6) is 0 Å².